The lowest BCUT2D eigenvalue weighted by Gasteiger charge is -2.48. The number of ether oxygens (including phenoxy) is 1. The molecule has 4 atom stereocenters. The van der Waals surface area contributed by atoms with Gasteiger partial charge in [0.2, 0.25) is 5.91 Å². The van der Waals surface area contributed by atoms with E-state index in [1.165, 1.54) is 0 Å². The number of thioether (sulfide) groups is 1. The molecule has 3 N–H and O–H groups in total. The number of para-hydroxylation sites is 1. The number of nitrogens with zero attached hydrogens (tertiary/aromatic N) is 1. The van der Waals surface area contributed by atoms with Crippen molar-refractivity contribution in [2.75, 3.05) is 5.75 Å². The van der Waals surface area contributed by atoms with Crippen molar-refractivity contribution in [1.82, 2.24) is 5.32 Å². The Morgan fingerprint density at radius 2 is 2.12 bits per heavy atom. The molecule has 0 radical (unpaired) electrons. The van der Waals surface area contributed by atoms with E-state index in [1.54, 1.807) is 11.8 Å². The summed E-state index contributed by atoms with van der Waals surface area (Å²) in [4.78, 5) is 17.4. The fraction of sp³-hybridized carbons (Fsp3) is 0.600. The van der Waals surface area contributed by atoms with Gasteiger partial charge in [-0.25, -0.2) is 4.99 Å². The summed E-state index contributed by atoms with van der Waals surface area (Å²) in [7, 11) is 0. The number of hydrogen-bond donors (Lipinski definition) is 2. The average molecular weight is 374 g/mol. The van der Waals surface area contributed by atoms with Crippen LogP contribution in [-0.2, 0) is 10.3 Å². The Morgan fingerprint density at radius 1 is 1.35 bits per heavy atom. The normalized spacial score (nSPS) is 33.0. The maximum atomic E-state index is 12.5. The van der Waals surface area contributed by atoms with E-state index in [4.69, 9.17) is 15.5 Å². The summed E-state index contributed by atoms with van der Waals surface area (Å²) < 4.78 is 6.35. The quantitative estimate of drug-likeness (QED) is 0.793. The fourth-order valence-electron chi connectivity index (χ4n) is 4.38. The van der Waals surface area contributed by atoms with E-state index in [9.17, 15) is 4.79 Å². The highest BCUT2D eigenvalue weighted by atomic mass is 32.2. The van der Waals surface area contributed by atoms with E-state index >= 15 is 0 Å². The highest BCUT2D eigenvalue weighted by Crippen LogP contribution is 2.54. The van der Waals surface area contributed by atoms with E-state index in [2.05, 4.69) is 11.4 Å². The number of amidine groups is 1. The largest absolute Gasteiger partial charge is 0.490 e. The number of benzene rings is 1. The predicted octanol–water partition coefficient (Wildman–Crippen LogP) is 3.04. The summed E-state index contributed by atoms with van der Waals surface area (Å²) in [5, 5.41) is 3.91. The topological polar surface area (TPSA) is 76.7 Å². The molecule has 140 valence electrons. The van der Waals surface area contributed by atoms with Gasteiger partial charge in [0.1, 0.15) is 17.4 Å². The first kappa shape index (κ1) is 17.7. The van der Waals surface area contributed by atoms with Crippen molar-refractivity contribution in [1.29, 1.82) is 0 Å². The van der Waals surface area contributed by atoms with Crippen LogP contribution in [0.3, 0.4) is 0 Å². The molecule has 4 rings (SSSR count). The van der Waals surface area contributed by atoms with Gasteiger partial charge in [0.05, 0.1) is 0 Å². The second kappa shape index (κ2) is 6.19. The van der Waals surface area contributed by atoms with E-state index in [0.29, 0.717) is 5.17 Å². The minimum Gasteiger partial charge on any atom is -0.490 e. The Morgan fingerprint density at radius 3 is 2.81 bits per heavy atom. The molecule has 0 aromatic heterocycles. The van der Waals surface area contributed by atoms with Crippen molar-refractivity contribution in [3.8, 4) is 5.75 Å². The molecule has 1 aromatic carbocycles. The molecule has 26 heavy (non-hydrogen) atoms. The Balaban J connectivity index is 1.65. The molecule has 1 spiro atoms. The maximum absolute atomic E-state index is 12.5. The van der Waals surface area contributed by atoms with Crippen molar-refractivity contribution in [3.63, 3.8) is 0 Å². The van der Waals surface area contributed by atoms with Gasteiger partial charge >= 0.3 is 0 Å². The number of carbonyl (C=O) groups excluding carboxylic acids is 1. The van der Waals surface area contributed by atoms with Gasteiger partial charge in [-0.3, -0.25) is 4.79 Å². The van der Waals surface area contributed by atoms with Crippen LogP contribution < -0.4 is 15.8 Å². The van der Waals surface area contributed by atoms with Crippen LogP contribution in [-0.4, -0.2) is 29.0 Å². The Labute approximate surface area is 159 Å². The molecule has 1 saturated carbocycles. The molecule has 5 nitrogen and oxygen atoms in total. The zero-order valence-corrected chi connectivity index (χ0v) is 16.4. The average Bonchev–Trinajstić information content (AvgIpc) is 2.98. The minimum absolute atomic E-state index is 0.107. The van der Waals surface area contributed by atoms with Gasteiger partial charge in [0, 0.05) is 28.7 Å². The predicted molar refractivity (Wildman–Crippen MR) is 105 cm³/mol. The van der Waals surface area contributed by atoms with Crippen LogP contribution in [0.15, 0.2) is 29.3 Å². The zero-order valence-electron chi connectivity index (χ0n) is 15.6. The van der Waals surface area contributed by atoms with E-state index in [1.807, 2.05) is 39.0 Å². The molecule has 6 heteroatoms. The van der Waals surface area contributed by atoms with E-state index in [0.717, 1.165) is 36.3 Å². The molecule has 1 unspecified atom stereocenters. The van der Waals surface area contributed by atoms with Gasteiger partial charge < -0.3 is 15.8 Å². The Kier molecular flexibility index (Phi) is 4.21. The second-order valence-electron chi connectivity index (χ2n) is 8.66. The van der Waals surface area contributed by atoms with Crippen LogP contribution in [0.2, 0.25) is 0 Å². The van der Waals surface area contributed by atoms with Crippen molar-refractivity contribution >= 4 is 22.8 Å². The van der Waals surface area contributed by atoms with Gasteiger partial charge in [0.25, 0.3) is 0 Å². The summed E-state index contributed by atoms with van der Waals surface area (Å²) >= 11 is 1.63. The van der Waals surface area contributed by atoms with Crippen molar-refractivity contribution in [2.24, 2.45) is 22.1 Å². The maximum Gasteiger partial charge on any atom is 0.225 e. The first-order valence-corrected chi connectivity index (χ1v) is 10.3. The number of nitrogens with one attached hydrogen (secondary N) is 1. The summed E-state index contributed by atoms with van der Waals surface area (Å²) in [6.07, 6.45) is 2.87. The van der Waals surface area contributed by atoms with Crippen LogP contribution in [0.1, 0.15) is 45.6 Å². The molecular formula is C20H27N3O2S. The molecule has 0 bridgehead atoms. The number of fused-ring (bicyclic) bond motifs is 4. The molecule has 0 saturated heterocycles. The minimum atomic E-state index is -0.379. The number of amides is 1. The van der Waals surface area contributed by atoms with Crippen LogP contribution >= 0.6 is 11.8 Å². The second-order valence-corrected chi connectivity index (χ2v) is 9.65. The lowest BCUT2D eigenvalue weighted by atomic mass is 9.67. The third kappa shape index (κ3) is 2.88. The molecule has 1 amide bonds. The first-order valence-electron chi connectivity index (χ1n) is 9.35. The highest BCUT2D eigenvalue weighted by Gasteiger charge is 2.54. The van der Waals surface area contributed by atoms with Crippen LogP contribution in [0.4, 0.5) is 0 Å². The van der Waals surface area contributed by atoms with Crippen LogP contribution in [0, 0.1) is 11.3 Å². The lowest BCUT2D eigenvalue weighted by Crippen LogP contribution is -2.55. The Bertz CT molecular complexity index is 758. The molecule has 2 aliphatic heterocycles. The summed E-state index contributed by atoms with van der Waals surface area (Å²) in [5.41, 5.74) is 6.52. The molecular weight excluding hydrogens is 346 g/mol. The van der Waals surface area contributed by atoms with Gasteiger partial charge in [-0.2, -0.15) is 0 Å². The zero-order chi connectivity index (χ0) is 18.5. The number of hydrogen-bond acceptors (Lipinski definition) is 5. The van der Waals surface area contributed by atoms with Crippen LogP contribution in [0.25, 0.3) is 0 Å². The smallest absolute Gasteiger partial charge is 0.225 e. The van der Waals surface area contributed by atoms with Crippen molar-refractivity contribution < 1.29 is 9.53 Å². The molecule has 3 aliphatic rings. The van der Waals surface area contributed by atoms with E-state index in [-0.39, 0.29) is 34.9 Å². The third-order valence-corrected chi connectivity index (χ3v) is 6.77. The monoisotopic (exact) mass is 373 g/mol. The van der Waals surface area contributed by atoms with Crippen LogP contribution in [0.5, 0.6) is 5.75 Å². The lowest BCUT2D eigenvalue weighted by molar-refractivity contribution is -0.130. The summed E-state index contributed by atoms with van der Waals surface area (Å²) in [5.74, 6) is 2.12. The first-order chi connectivity index (χ1) is 12.3. The molecule has 2 heterocycles. The summed E-state index contributed by atoms with van der Waals surface area (Å²) in [6, 6.07) is 8.37. The van der Waals surface area contributed by atoms with Crippen molar-refractivity contribution in [3.05, 3.63) is 29.8 Å². The summed E-state index contributed by atoms with van der Waals surface area (Å²) in [6.45, 7) is 5.86. The Hall–Kier alpha value is -1.69. The van der Waals surface area contributed by atoms with Gasteiger partial charge in [-0.05, 0) is 25.3 Å². The van der Waals surface area contributed by atoms with Gasteiger partial charge in [-0.1, -0.05) is 50.7 Å². The number of aliphatic imine (C=N–C) groups is 1. The molecule has 1 fully saturated rings. The number of rotatable bonds is 1. The highest BCUT2D eigenvalue weighted by molar-refractivity contribution is 8.14. The van der Waals surface area contributed by atoms with Gasteiger partial charge in [0.15, 0.2) is 5.17 Å². The standard InChI is InChI=1S/C20H27N3O2S/c1-19(2,3)17(24)22-12-8-9-16-14(10-12)20(11-26-18(21)23-20)13-6-4-5-7-15(13)25-16/h4-7,12,14,16H,8-11H2,1-3H3,(H2,21,23)(H,22,24)/t12-,14-,16-,20?/m0/s1. The molecule has 1 aliphatic carbocycles. The third-order valence-electron chi connectivity index (χ3n) is 5.80. The van der Waals surface area contributed by atoms with E-state index < -0.39 is 0 Å². The molecule has 1 aromatic rings. The SMILES string of the molecule is CC(C)(C)C(=O)N[C@H]1CC[C@@H]2Oc3ccccc3C3(CSC(N)=N3)[C@H]2C1. The number of nitrogens with two attached hydrogens (primary N) is 1. The number of carbonyl (C=O) groups is 1. The van der Waals surface area contributed by atoms with Crippen molar-refractivity contribution in [2.45, 2.75) is 57.7 Å². The van der Waals surface area contributed by atoms with Gasteiger partial charge in [-0.15, -0.1) is 0 Å². The fourth-order valence-corrected chi connectivity index (χ4v) is 5.41.